The summed E-state index contributed by atoms with van der Waals surface area (Å²) in [5.74, 6) is 1.74. The van der Waals surface area contributed by atoms with E-state index in [1.807, 2.05) is 65.2 Å². The average Bonchev–Trinajstić information content (AvgIpc) is 3.14. The van der Waals surface area contributed by atoms with Gasteiger partial charge in [-0.05, 0) is 12.1 Å². The Morgan fingerprint density at radius 2 is 1.82 bits per heavy atom. The second-order valence-electron chi connectivity index (χ2n) is 5.87. The van der Waals surface area contributed by atoms with Crippen molar-refractivity contribution in [3.63, 3.8) is 0 Å². The first kappa shape index (κ1) is 19.7. The van der Waals surface area contributed by atoms with Gasteiger partial charge < -0.3 is 10.1 Å². The maximum Gasteiger partial charge on any atom is 0.230 e. The third-order valence-corrected chi connectivity index (χ3v) is 4.80. The highest BCUT2D eigenvalue weighted by Gasteiger charge is 2.14. The highest BCUT2D eigenvalue weighted by molar-refractivity contribution is 7.99. The zero-order chi connectivity index (χ0) is 19.6. The molecule has 0 spiro atoms. The fourth-order valence-electron chi connectivity index (χ4n) is 2.55. The average molecular weight is 395 g/mol. The molecule has 6 nitrogen and oxygen atoms in total. The molecule has 0 aliphatic rings. The van der Waals surface area contributed by atoms with Crippen LogP contribution in [-0.4, -0.2) is 39.6 Å². The molecule has 0 unspecified atom stereocenters. The van der Waals surface area contributed by atoms with E-state index in [9.17, 15) is 4.79 Å². The number of allylic oxidation sites excluding steroid dienone is 1. The van der Waals surface area contributed by atoms with E-state index < -0.39 is 0 Å². The van der Waals surface area contributed by atoms with Gasteiger partial charge in [0.05, 0.1) is 12.3 Å². The summed E-state index contributed by atoms with van der Waals surface area (Å²) in [7, 11) is 0. The predicted octanol–water partition coefficient (Wildman–Crippen LogP) is 3.42. The van der Waals surface area contributed by atoms with E-state index in [4.69, 9.17) is 4.74 Å². The van der Waals surface area contributed by atoms with Crippen LogP contribution in [0.25, 0.3) is 11.4 Å². The van der Waals surface area contributed by atoms with Gasteiger partial charge in [-0.3, -0.25) is 9.36 Å². The number of carbonyl (C=O) groups excluding carboxylic acids is 1. The molecule has 3 aromatic rings. The quantitative estimate of drug-likeness (QED) is 0.324. The SMILES string of the molecule is C=CCn1c(SCC(=O)NCCOc2ccccc2)nnc1-c1ccccc1. The Labute approximate surface area is 168 Å². The number of nitrogens with zero attached hydrogens (tertiary/aromatic N) is 3. The summed E-state index contributed by atoms with van der Waals surface area (Å²) < 4.78 is 7.52. The van der Waals surface area contributed by atoms with Crippen LogP contribution in [0.2, 0.25) is 0 Å². The van der Waals surface area contributed by atoms with Gasteiger partial charge in [0.25, 0.3) is 0 Å². The van der Waals surface area contributed by atoms with Gasteiger partial charge in [0.15, 0.2) is 11.0 Å². The smallest absolute Gasteiger partial charge is 0.230 e. The van der Waals surface area contributed by atoms with Gasteiger partial charge in [-0.2, -0.15) is 0 Å². The van der Waals surface area contributed by atoms with Gasteiger partial charge in [-0.15, -0.1) is 16.8 Å². The second kappa shape index (κ2) is 10.3. The summed E-state index contributed by atoms with van der Waals surface area (Å²) in [6, 6.07) is 19.4. The highest BCUT2D eigenvalue weighted by atomic mass is 32.2. The Balaban J connectivity index is 1.50. The maximum absolute atomic E-state index is 12.1. The van der Waals surface area contributed by atoms with Gasteiger partial charge in [0.2, 0.25) is 5.91 Å². The molecule has 0 aliphatic carbocycles. The van der Waals surface area contributed by atoms with Crippen molar-refractivity contribution in [2.24, 2.45) is 0 Å². The predicted molar refractivity (Wildman–Crippen MR) is 111 cm³/mol. The van der Waals surface area contributed by atoms with Crippen LogP contribution in [0.3, 0.4) is 0 Å². The zero-order valence-corrected chi connectivity index (χ0v) is 16.3. The third-order valence-electron chi connectivity index (χ3n) is 3.83. The zero-order valence-electron chi connectivity index (χ0n) is 15.5. The molecule has 1 N–H and O–H groups in total. The number of hydrogen-bond donors (Lipinski definition) is 1. The molecule has 0 saturated heterocycles. The second-order valence-corrected chi connectivity index (χ2v) is 6.81. The molecule has 28 heavy (non-hydrogen) atoms. The number of nitrogens with one attached hydrogen (secondary N) is 1. The van der Waals surface area contributed by atoms with E-state index in [0.29, 0.717) is 24.9 Å². The van der Waals surface area contributed by atoms with Crippen LogP contribution >= 0.6 is 11.8 Å². The maximum atomic E-state index is 12.1. The van der Waals surface area contributed by atoms with Crippen LogP contribution in [0.15, 0.2) is 78.5 Å². The van der Waals surface area contributed by atoms with Crippen molar-refractivity contribution in [1.29, 1.82) is 0 Å². The lowest BCUT2D eigenvalue weighted by atomic mass is 10.2. The molecular formula is C21H22N4O2S. The van der Waals surface area contributed by atoms with E-state index in [1.165, 1.54) is 11.8 Å². The third kappa shape index (κ3) is 5.47. The Bertz CT molecular complexity index is 897. The standard InChI is InChI=1S/C21H22N4O2S/c1-2-14-25-20(17-9-5-3-6-10-17)23-24-21(25)28-16-19(26)22-13-15-27-18-11-7-4-8-12-18/h2-12H,1,13-16H2,(H,22,26). The van der Waals surface area contributed by atoms with E-state index >= 15 is 0 Å². The number of para-hydroxylation sites is 1. The molecule has 1 aromatic heterocycles. The monoisotopic (exact) mass is 394 g/mol. The molecule has 0 fully saturated rings. The number of aromatic nitrogens is 3. The molecule has 144 valence electrons. The first-order valence-corrected chi connectivity index (χ1v) is 9.93. The first-order chi connectivity index (χ1) is 13.8. The first-order valence-electron chi connectivity index (χ1n) is 8.95. The summed E-state index contributed by atoms with van der Waals surface area (Å²) in [6.07, 6.45) is 1.79. The minimum atomic E-state index is -0.0731. The van der Waals surface area contributed by atoms with Crippen molar-refractivity contribution >= 4 is 17.7 Å². The van der Waals surface area contributed by atoms with Gasteiger partial charge in [-0.25, -0.2) is 0 Å². The van der Waals surface area contributed by atoms with Crippen molar-refractivity contribution in [2.75, 3.05) is 18.9 Å². The molecule has 0 atom stereocenters. The van der Waals surface area contributed by atoms with E-state index in [2.05, 4.69) is 22.1 Å². The molecule has 0 saturated carbocycles. The number of carbonyl (C=O) groups is 1. The molecule has 2 aromatic carbocycles. The van der Waals surface area contributed by atoms with Crippen molar-refractivity contribution in [3.05, 3.63) is 73.3 Å². The van der Waals surface area contributed by atoms with Crippen LogP contribution in [0.1, 0.15) is 0 Å². The van der Waals surface area contributed by atoms with Crippen molar-refractivity contribution in [1.82, 2.24) is 20.1 Å². The van der Waals surface area contributed by atoms with Crippen LogP contribution in [-0.2, 0) is 11.3 Å². The van der Waals surface area contributed by atoms with Crippen LogP contribution in [0.4, 0.5) is 0 Å². The number of hydrogen-bond acceptors (Lipinski definition) is 5. The minimum absolute atomic E-state index is 0.0731. The topological polar surface area (TPSA) is 69.0 Å². The number of amides is 1. The van der Waals surface area contributed by atoms with E-state index in [1.54, 1.807) is 6.08 Å². The lowest BCUT2D eigenvalue weighted by Gasteiger charge is -2.09. The summed E-state index contributed by atoms with van der Waals surface area (Å²) in [5.41, 5.74) is 0.978. The number of ether oxygens (including phenoxy) is 1. The Kier molecular flexibility index (Phi) is 7.26. The summed E-state index contributed by atoms with van der Waals surface area (Å²) >= 11 is 1.35. The Morgan fingerprint density at radius 3 is 2.54 bits per heavy atom. The summed E-state index contributed by atoms with van der Waals surface area (Å²) in [6.45, 7) is 5.25. The van der Waals surface area contributed by atoms with Crippen molar-refractivity contribution < 1.29 is 9.53 Å². The van der Waals surface area contributed by atoms with Gasteiger partial charge in [-0.1, -0.05) is 66.4 Å². The fraction of sp³-hybridized carbons (Fsp3) is 0.190. The molecule has 3 rings (SSSR count). The normalized spacial score (nSPS) is 10.4. The number of benzene rings is 2. The number of rotatable bonds is 10. The molecule has 1 amide bonds. The van der Waals surface area contributed by atoms with Crippen molar-refractivity contribution in [3.8, 4) is 17.1 Å². The summed E-state index contributed by atoms with van der Waals surface area (Å²) in [4.78, 5) is 12.1. The van der Waals surface area contributed by atoms with Crippen LogP contribution in [0.5, 0.6) is 5.75 Å². The largest absolute Gasteiger partial charge is 0.492 e. The van der Waals surface area contributed by atoms with E-state index in [-0.39, 0.29) is 11.7 Å². The lowest BCUT2D eigenvalue weighted by Crippen LogP contribution is -2.29. The van der Waals surface area contributed by atoms with E-state index in [0.717, 1.165) is 17.1 Å². The highest BCUT2D eigenvalue weighted by Crippen LogP contribution is 2.23. The van der Waals surface area contributed by atoms with Crippen LogP contribution in [0, 0.1) is 0 Å². The Morgan fingerprint density at radius 1 is 1.11 bits per heavy atom. The van der Waals surface area contributed by atoms with Gasteiger partial charge in [0, 0.05) is 12.1 Å². The minimum Gasteiger partial charge on any atom is -0.492 e. The lowest BCUT2D eigenvalue weighted by molar-refractivity contribution is -0.118. The summed E-state index contributed by atoms with van der Waals surface area (Å²) in [5, 5.41) is 12.1. The molecule has 0 bridgehead atoms. The fourth-order valence-corrected chi connectivity index (χ4v) is 3.32. The van der Waals surface area contributed by atoms with Crippen molar-refractivity contribution in [2.45, 2.75) is 11.7 Å². The number of thioether (sulfide) groups is 1. The van der Waals surface area contributed by atoms with Crippen LogP contribution < -0.4 is 10.1 Å². The molecule has 1 heterocycles. The Hall–Kier alpha value is -3.06. The molecule has 0 aliphatic heterocycles. The molecular weight excluding hydrogens is 372 g/mol. The molecule has 7 heteroatoms. The van der Waals surface area contributed by atoms with Gasteiger partial charge in [0.1, 0.15) is 12.4 Å². The molecule has 0 radical (unpaired) electrons. The van der Waals surface area contributed by atoms with Gasteiger partial charge >= 0.3 is 0 Å².